The highest BCUT2D eigenvalue weighted by Gasteiger charge is 2.38. The first kappa shape index (κ1) is 22.8. The lowest BCUT2D eigenvalue weighted by Gasteiger charge is -2.31. The van der Waals surface area contributed by atoms with Crippen LogP contribution in [-0.2, 0) is 22.9 Å². The predicted octanol–water partition coefficient (Wildman–Crippen LogP) is 3.05. The predicted molar refractivity (Wildman–Crippen MR) is 104 cm³/mol. The van der Waals surface area contributed by atoms with Crippen LogP contribution in [0.25, 0.3) is 0 Å². The molecule has 10 heteroatoms. The van der Waals surface area contributed by atoms with Gasteiger partial charge in [-0.15, -0.1) is 0 Å². The molecule has 0 unspecified atom stereocenters. The number of nitrogens with one attached hydrogen (secondary N) is 1. The molecule has 0 aliphatic carbocycles. The highest BCUT2D eigenvalue weighted by molar-refractivity contribution is 7.48. The number of H-pyrrole nitrogens is 1. The first-order valence-corrected chi connectivity index (χ1v) is 10.5. The fourth-order valence-electron chi connectivity index (χ4n) is 2.42. The number of phosphoric ester groups is 1. The maximum absolute atomic E-state index is 13.0. The fraction of sp³-hybridized carbons (Fsp3) is 0.667. The number of hydrogen-bond acceptors (Lipinski definition) is 7. The summed E-state index contributed by atoms with van der Waals surface area (Å²) in [7, 11) is -3.86. The Morgan fingerprint density at radius 2 is 1.68 bits per heavy atom. The topological polar surface area (TPSA) is 109 Å². The second kappa shape index (κ2) is 8.08. The van der Waals surface area contributed by atoms with Crippen LogP contribution >= 0.6 is 7.82 Å². The van der Waals surface area contributed by atoms with Crippen molar-refractivity contribution in [3.63, 3.8) is 0 Å². The molecule has 2 rings (SSSR count). The second-order valence-electron chi connectivity index (χ2n) is 8.58. The Labute approximate surface area is 164 Å². The van der Waals surface area contributed by atoms with Crippen molar-refractivity contribution in [3.05, 3.63) is 44.8 Å². The summed E-state index contributed by atoms with van der Waals surface area (Å²) in [5.74, 6) is 0. The molecule has 0 aromatic carbocycles. The van der Waals surface area contributed by atoms with Crippen molar-refractivity contribution in [2.75, 3.05) is 6.61 Å². The van der Waals surface area contributed by atoms with Crippen LogP contribution < -0.4 is 11.2 Å². The molecular formula is C18H29N2O7P. The molecule has 1 N–H and O–H groups in total. The number of aryl methyl sites for hydroxylation is 1. The monoisotopic (exact) mass is 416 g/mol. The molecule has 1 aliphatic rings. The largest absolute Gasteiger partial charge is 0.475 e. The van der Waals surface area contributed by atoms with Crippen LogP contribution in [0.4, 0.5) is 0 Å². The third kappa shape index (κ3) is 6.53. The Morgan fingerprint density at radius 3 is 2.21 bits per heavy atom. The van der Waals surface area contributed by atoms with Gasteiger partial charge in [0.05, 0.1) is 17.8 Å². The molecule has 0 fully saturated rings. The third-order valence-corrected chi connectivity index (χ3v) is 5.40. The number of aromatic amines is 1. The quantitative estimate of drug-likeness (QED) is 0.561. The van der Waals surface area contributed by atoms with Crippen LogP contribution in [-0.4, -0.2) is 33.5 Å². The Bertz CT molecular complexity index is 869. The van der Waals surface area contributed by atoms with Gasteiger partial charge in [0, 0.05) is 11.8 Å². The van der Waals surface area contributed by atoms with Gasteiger partial charge in [-0.1, -0.05) is 6.08 Å². The van der Waals surface area contributed by atoms with Crippen molar-refractivity contribution < 1.29 is 22.9 Å². The minimum absolute atomic E-state index is 0.0898. The summed E-state index contributed by atoms with van der Waals surface area (Å²) >= 11 is 0. The van der Waals surface area contributed by atoms with Gasteiger partial charge >= 0.3 is 13.5 Å². The average molecular weight is 416 g/mol. The standard InChI is InChI=1S/C18H29N2O7P/c1-12-10-20(16(22)19-15(12)21)14-9-8-13(25-14)11-24-28(23,26-17(2,3)4)27-18(5,6)7/h8-10,13-14H,11H2,1-7H3,(H,19,21,22)/t13-,14+/m0/s1. The number of ether oxygens (including phenoxy) is 1. The zero-order valence-corrected chi connectivity index (χ0v) is 18.2. The van der Waals surface area contributed by atoms with Gasteiger partial charge in [-0.2, -0.15) is 0 Å². The SMILES string of the molecule is Cc1cn([C@H]2C=C[C@@H](COP(=O)(OC(C)(C)C)OC(C)(C)C)O2)c(=O)[nH]c1=O. The van der Waals surface area contributed by atoms with Crippen molar-refractivity contribution >= 4 is 7.82 Å². The van der Waals surface area contributed by atoms with Gasteiger partial charge in [-0.3, -0.25) is 27.9 Å². The Balaban J connectivity index is 2.07. The van der Waals surface area contributed by atoms with E-state index in [-0.39, 0.29) is 6.61 Å². The first-order chi connectivity index (χ1) is 12.7. The van der Waals surface area contributed by atoms with E-state index >= 15 is 0 Å². The lowest BCUT2D eigenvalue weighted by molar-refractivity contribution is -0.0346. The van der Waals surface area contributed by atoms with Crippen molar-refractivity contribution in [2.24, 2.45) is 0 Å². The first-order valence-electron chi connectivity index (χ1n) is 8.99. The maximum atomic E-state index is 13.0. The van der Waals surface area contributed by atoms with Gasteiger partial charge in [0.2, 0.25) is 0 Å². The Morgan fingerprint density at radius 1 is 1.11 bits per heavy atom. The van der Waals surface area contributed by atoms with Crippen molar-refractivity contribution in [3.8, 4) is 0 Å². The summed E-state index contributed by atoms with van der Waals surface area (Å²) < 4.78 is 36.7. The van der Waals surface area contributed by atoms with Gasteiger partial charge in [-0.25, -0.2) is 9.36 Å². The molecule has 0 spiro atoms. The van der Waals surface area contributed by atoms with Gasteiger partial charge in [-0.05, 0) is 54.5 Å². The average Bonchev–Trinajstić information content (AvgIpc) is 2.94. The number of rotatable bonds is 6. The number of nitrogens with zero attached hydrogens (tertiary/aromatic N) is 1. The molecular weight excluding hydrogens is 387 g/mol. The lowest BCUT2D eigenvalue weighted by Crippen LogP contribution is -2.33. The molecule has 2 atom stereocenters. The molecule has 0 saturated heterocycles. The van der Waals surface area contributed by atoms with E-state index in [0.29, 0.717) is 5.56 Å². The summed E-state index contributed by atoms with van der Waals surface area (Å²) in [4.78, 5) is 25.7. The summed E-state index contributed by atoms with van der Waals surface area (Å²) in [5, 5.41) is 0. The van der Waals surface area contributed by atoms with Crippen LogP contribution in [0.1, 0.15) is 53.3 Å². The number of hydrogen-bond donors (Lipinski definition) is 1. The van der Waals surface area contributed by atoms with Crippen LogP contribution in [0.15, 0.2) is 27.9 Å². The normalized spacial score (nSPS) is 20.7. The summed E-state index contributed by atoms with van der Waals surface area (Å²) in [6.07, 6.45) is 3.51. The summed E-state index contributed by atoms with van der Waals surface area (Å²) in [5.41, 5.74) is -2.11. The van der Waals surface area contributed by atoms with E-state index in [4.69, 9.17) is 18.3 Å². The zero-order chi connectivity index (χ0) is 21.3. The molecule has 1 aromatic heterocycles. The molecule has 0 radical (unpaired) electrons. The Hall–Kier alpha value is -1.51. The van der Waals surface area contributed by atoms with E-state index in [9.17, 15) is 14.2 Å². The third-order valence-electron chi connectivity index (χ3n) is 3.39. The van der Waals surface area contributed by atoms with Crippen molar-refractivity contribution in [1.82, 2.24) is 9.55 Å². The van der Waals surface area contributed by atoms with Gasteiger partial charge < -0.3 is 4.74 Å². The molecule has 1 aromatic rings. The van der Waals surface area contributed by atoms with Crippen molar-refractivity contribution in [2.45, 2.75) is 72.0 Å². The minimum Gasteiger partial charge on any atom is -0.344 e. The van der Waals surface area contributed by atoms with Gasteiger partial charge in [0.25, 0.3) is 5.56 Å². The smallest absolute Gasteiger partial charge is 0.344 e. The van der Waals surface area contributed by atoms with E-state index in [0.717, 1.165) is 0 Å². The number of aromatic nitrogens is 2. The van der Waals surface area contributed by atoms with Crippen LogP contribution in [0.5, 0.6) is 0 Å². The van der Waals surface area contributed by atoms with Gasteiger partial charge in [0.15, 0.2) is 6.23 Å². The Kier molecular flexibility index (Phi) is 6.57. The van der Waals surface area contributed by atoms with E-state index in [1.807, 2.05) is 0 Å². The van der Waals surface area contributed by atoms with Crippen LogP contribution in [0.2, 0.25) is 0 Å². The molecule has 158 valence electrons. The van der Waals surface area contributed by atoms with Crippen LogP contribution in [0, 0.1) is 6.92 Å². The highest BCUT2D eigenvalue weighted by Crippen LogP contribution is 2.55. The molecule has 9 nitrogen and oxygen atoms in total. The number of phosphoric acid groups is 1. The molecule has 0 saturated carbocycles. The molecule has 0 amide bonds. The summed E-state index contributed by atoms with van der Waals surface area (Å²) in [6.45, 7) is 12.0. The lowest BCUT2D eigenvalue weighted by atomic mass is 10.2. The van der Waals surface area contributed by atoms with E-state index in [1.54, 1.807) is 60.6 Å². The second-order valence-corrected chi connectivity index (χ2v) is 10.1. The highest BCUT2D eigenvalue weighted by atomic mass is 31.2. The van der Waals surface area contributed by atoms with E-state index in [1.165, 1.54) is 10.8 Å². The minimum atomic E-state index is -3.86. The van der Waals surface area contributed by atoms with Crippen LogP contribution in [0.3, 0.4) is 0 Å². The van der Waals surface area contributed by atoms with Gasteiger partial charge in [0.1, 0.15) is 6.10 Å². The van der Waals surface area contributed by atoms with Crippen molar-refractivity contribution in [1.29, 1.82) is 0 Å². The van der Waals surface area contributed by atoms with E-state index in [2.05, 4.69) is 4.98 Å². The zero-order valence-electron chi connectivity index (χ0n) is 17.3. The summed E-state index contributed by atoms with van der Waals surface area (Å²) in [6, 6.07) is 0. The van der Waals surface area contributed by atoms with E-state index < -0.39 is 42.6 Å². The molecule has 28 heavy (non-hydrogen) atoms. The molecule has 2 heterocycles. The molecule has 0 bridgehead atoms. The fourth-order valence-corrected chi connectivity index (χ4v) is 4.24. The molecule has 1 aliphatic heterocycles. The maximum Gasteiger partial charge on any atom is 0.475 e.